The van der Waals surface area contributed by atoms with Gasteiger partial charge in [-0.2, -0.15) is 0 Å². The van der Waals surface area contributed by atoms with Gasteiger partial charge in [-0.05, 0) is 0 Å². The molecule has 1 amide bonds. The maximum absolute atomic E-state index is 10.9. The van der Waals surface area contributed by atoms with Crippen molar-refractivity contribution in [2.45, 2.75) is 24.9 Å². The standard InChI is InChI=1S/C9H15N3O5/c10-8(15)7-9(16)12(3-11-7)6-1-4(14)5(2-13)17-6/h4-6,11,13-14,16H,1-3H2,(H2,10,15)/t4-,5+,6+/m0/s1. The van der Waals surface area contributed by atoms with Gasteiger partial charge in [-0.15, -0.1) is 0 Å². The molecule has 2 rings (SSSR count). The van der Waals surface area contributed by atoms with Crippen molar-refractivity contribution in [1.82, 2.24) is 10.2 Å². The summed E-state index contributed by atoms with van der Waals surface area (Å²) in [5.41, 5.74) is 4.98. The molecule has 6 N–H and O–H groups in total. The Labute approximate surface area is 97.3 Å². The van der Waals surface area contributed by atoms with Gasteiger partial charge in [0.2, 0.25) is 5.88 Å². The first-order chi connectivity index (χ1) is 8.04. The van der Waals surface area contributed by atoms with Gasteiger partial charge < -0.3 is 31.1 Å². The van der Waals surface area contributed by atoms with Crippen molar-refractivity contribution < 1.29 is 24.9 Å². The van der Waals surface area contributed by atoms with Crippen molar-refractivity contribution in [3.63, 3.8) is 0 Å². The molecule has 2 heterocycles. The van der Waals surface area contributed by atoms with Crippen molar-refractivity contribution in [1.29, 1.82) is 0 Å². The summed E-state index contributed by atoms with van der Waals surface area (Å²) in [6, 6.07) is 0. The fourth-order valence-corrected chi connectivity index (χ4v) is 1.97. The molecule has 0 aliphatic carbocycles. The SMILES string of the molecule is NC(=O)C1=C(O)N([C@H]2C[C@H](O)[C@@H](CO)O2)CN1. The van der Waals surface area contributed by atoms with Crippen LogP contribution in [0.15, 0.2) is 11.6 Å². The summed E-state index contributed by atoms with van der Waals surface area (Å²) in [5.74, 6) is -1.06. The average Bonchev–Trinajstić information content (AvgIpc) is 2.81. The summed E-state index contributed by atoms with van der Waals surface area (Å²) in [6.07, 6.45) is -1.82. The van der Waals surface area contributed by atoms with Crippen LogP contribution in [0.2, 0.25) is 0 Å². The monoisotopic (exact) mass is 245 g/mol. The van der Waals surface area contributed by atoms with Gasteiger partial charge in [0.05, 0.1) is 19.4 Å². The zero-order valence-corrected chi connectivity index (χ0v) is 9.04. The highest BCUT2D eigenvalue weighted by atomic mass is 16.5. The van der Waals surface area contributed by atoms with Gasteiger partial charge in [-0.1, -0.05) is 0 Å². The summed E-state index contributed by atoms with van der Waals surface area (Å²) < 4.78 is 5.34. The molecular weight excluding hydrogens is 230 g/mol. The Morgan fingerprint density at radius 3 is 2.82 bits per heavy atom. The highest BCUT2D eigenvalue weighted by molar-refractivity contribution is 5.92. The number of nitrogens with one attached hydrogen (secondary N) is 1. The number of primary amides is 1. The van der Waals surface area contributed by atoms with Crippen LogP contribution in [-0.2, 0) is 9.53 Å². The van der Waals surface area contributed by atoms with Gasteiger partial charge in [-0.3, -0.25) is 9.69 Å². The number of aliphatic hydroxyl groups is 3. The minimum absolute atomic E-state index is 0.0736. The summed E-state index contributed by atoms with van der Waals surface area (Å²) in [6.45, 7) is -0.133. The van der Waals surface area contributed by atoms with Crippen LogP contribution in [0.25, 0.3) is 0 Å². The first-order valence-electron chi connectivity index (χ1n) is 5.22. The largest absolute Gasteiger partial charge is 0.493 e. The molecule has 96 valence electrons. The minimum atomic E-state index is -0.796. The predicted octanol–water partition coefficient (Wildman–Crippen LogP) is -2.47. The van der Waals surface area contributed by atoms with E-state index >= 15 is 0 Å². The predicted molar refractivity (Wildman–Crippen MR) is 55.1 cm³/mol. The quantitative estimate of drug-likeness (QED) is 0.372. The molecule has 0 spiro atoms. The van der Waals surface area contributed by atoms with Crippen molar-refractivity contribution in [2.75, 3.05) is 13.3 Å². The molecule has 0 unspecified atom stereocenters. The number of aliphatic hydroxyl groups excluding tert-OH is 3. The van der Waals surface area contributed by atoms with E-state index in [0.717, 1.165) is 0 Å². The van der Waals surface area contributed by atoms with Gasteiger partial charge in [0, 0.05) is 6.42 Å². The van der Waals surface area contributed by atoms with E-state index in [4.69, 9.17) is 15.6 Å². The van der Waals surface area contributed by atoms with E-state index < -0.39 is 24.3 Å². The highest BCUT2D eigenvalue weighted by Gasteiger charge is 2.40. The van der Waals surface area contributed by atoms with Gasteiger partial charge in [0.15, 0.2) is 5.70 Å². The van der Waals surface area contributed by atoms with E-state index in [1.807, 2.05) is 0 Å². The Bertz CT molecular complexity index is 359. The van der Waals surface area contributed by atoms with Crippen LogP contribution >= 0.6 is 0 Å². The number of nitrogens with two attached hydrogens (primary N) is 1. The molecule has 0 bridgehead atoms. The van der Waals surface area contributed by atoms with Gasteiger partial charge >= 0.3 is 0 Å². The van der Waals surface area contributed by atoms with Gasteiger partial charge in [0.1, 0.15) is 12.3 Å². The second kappa shape index (κ2) is 4.40. The number of amides is 1. The van der Waals surface area contributed by atoms with Crippen LogP contribution in [0.4, 0.5) is 0 Å². The molecular formula is C9H15N3O5. The molecule has 0 aromatic rings. The number of nitrogens with zero attached hydrogens (tertiary/aromatic N) is 1. The Kier molecular flexibility index (Phi) is 3.09. The normalized spacial score (nSPS) is 33.1. The van der Waals surface area contributed by atoms with Crippen LogP contribution in [-0.4, -0.2) is 57.8 Å². The molecule has 2 aliphatic heterocycles. The average molecular weight is 245 g/mol. The summed E-state index contributed by atoms with van der Waals surface area (Å²) >= 11 is 0. The first-order valence-corrected chi connectivity index (χ1v) is 5.22. The van der Waals surface area contributed by atoms with Gasteiger partial charge in [-0.25, -0.2) is 0 Å². The van der Waals surface area contributed by atoms with Crippen molar-refractivity contribution >= 4 is 5.91 Å². The molecule has 1 saturated heterocycles. The highest BCUT2D eigenvalue weighted by Crippen LogP contribution is 2.27. The minimum Gasteiger partial charge on any atom is -0.493 e. The molecule has 0 saturated carbocycles. The molecule has 2 aliphatic rings. The van der Waals surface area contributed by atoms with Crippen LogP contribution in [0, 0.1) is 0 Å². The van der Waals surface area contributed by atoms with Crippen molar-refractivity contribution in [3.8, 4) is 0 Å². The van der Waals surface area contributed by atoms with Crippen molar-refractivity contribution in [3.05, 3.63) is 11.6 Å². The molecule has 3 atom stereocenters. The fraction of sp³-hybridized carbons (Fsp3) is 0.667. The lowest BCUT2D eigenvalue weighted by molar-refractivity contribution is -0.115. The third kappa shape index (κ3) is 2.02. The lowest BCUT2D eigenvalue weighted by atomic mass is 10.2. The van der Waals surface area contributed by atoms with E-state index in [1.165, 1.54) is 4.90 Å². The van der Waals surface area contributed by atoms with E-state index in [-0.39, 0.29) is 31.3 Å². The Morgan fingerprint density at radius 1 is 1.65 bits per heavy atom. The first kappa shape index (κ1) is 12.0. The van der Waals surface area contributed by atoms with E-state index in [0.29, 0.717) is 0 Å². The molecule has 8 nitrogen and oxygen atoms in total. The van der Waals surface area contributed by atoms with Crippen LogP contribution in [0.1, 0.15) is 6.42 Å². The number of carbonyl (C=O) groups excluding carboxylic acids is 1. The fourth-order valence-electron chi connectivity index (χ4n) is 1.97. The van der Waals surface area contributed by atoms with Gasteiger partial charge in [0.25, 0.3) is 5.91 Å². The Balaban J connectivity index is 2.09. The Morgan fingerprint density at radius 2 is 2.35 bits per heavy atom. The molecule has 0 radical (unpaired) electrons. The third-order valence-electron chi connectivity index (χ3n) is 2.90. The van der Waals surface area contributed by atoms with Crippen LogP contribution in [0.3, 0.4) is 0 Å². The summed E-state index contributed by atoms with van der Waals surface area (Å²) in [4.78, 5) is 12.3. The maximum Gasteiger partial charge on any atom is 0.270 e. The second-order valence-electron chi connectivity index (χ2n) is 3.98. The zero-order chi connectivity index (χ0) is 12.6. The van der Waals surface area contributed by atoms with Crippen LogP contribution in [0.5, 0.6) is 0 Å². The smallest absolute Gasteiger partial charge is 0.270 e. The summed E-state index contributed by atoms with van der Waals surface area (Å²) in [7, 11) is 0. The van der Waals surface area contributed by atoms with E-state index in [1.54, 1.807) is 0 Å². The van der Waals surface area contributed by atoms with E-state index in [2.05, 4.69) is 5.32 Å². The number of hydrogen-bond donors (Lipinski definition) is 5. The lowest BCUT2D eigenvalue weighted by Gasteiger charge is -2.24. The molecule has 0 aromatic carbocycles. The molecule has 17 heavy (non-hydrogen) atoms. The Hall–Kier alpha value is -1.51. The topological polar surface area (TPSA) is 128 Å². The number of hydrogen-bond acceptors (Lipinski definition) is 7. The van der Waals surface area contributed by atoms with Crippen molar-refractivity contribution in [2.24, 2.45) is 5.73 Å². The molecule has 1 fully saturated rings. The summed E-state index contributed by atoms with van der Waals surface area (Å²) in [5, 5.41) is 30.9. The van der Waals surface area contributed by atoms with Crippen LogP contribution < -0.4 is 11.1 Å². The number of carbonyl (C=O) groups is 1. The molecule has 0 aromatic heterocycles. The lowest BCUT2D eigenvalue weighted by Crippen LogP contribution is -2.35. The third-order valence-corrected chi connectivity index (χ3v) is 2.90. The second-order valence-corrected chi connectivity index (χ2v) is 3.98. The number of ether oxygens (including phenoxy) is 1. The number of rotatable bonds is 3. The van der Waals surface area contributed by atoms with E-state index in [9.17, 15) is 15.0 Å². The zero-order valence-electron chi connectivity index (χ0n) is 9.04. The maximum atomic E-state index is 10.9. The molecule has 8 heteroatoms.